The van der Waals surface area contributed by atoms with Gasteiger partial charge in [0.2, 0.25) is 0 Å². The summed E-state index contributed by atoms with van der Waals surface area (Å²) in [6.07, 6.45) is 5.52. The van der Waals surface area contributed by atoms with Gasteiger partial charge < -0.3 is 9.55 Å². The van der Waals surface area contributed by atoms with E-state index in [0.717, 1.165) is 24.7 Å². The van der Waals surface area contributed by atoms with Crippen LogP contribution < -0.4 is 0 Å². The number of nitrogens with zero attached hydrogens (tertiary/aromatic N) is 4. The van der Waals surface area contributed by atoms with Crippen molar-refractivity contribution in [2.45, 2.75) is 33.9 Å². The van der Waals surface area contributed by atoms with Crippen LogP contribution in [0.3, 0.4) is 0 Å². The Hall–Kier alpha value is -2.40. The molecule has 5 nitrogen and oxygen atoms in total. The van der Waals surface area contributed by atoms with Gasteiger partial charge in [-0.15, -0.1) is 0 Å². The minimum atomic E-state index is 0.805. The first kappa shape index (κ1) is 15.5. The average molecular weight is 309 g/mol. The molecule has 0 radical (unpaired) electrons. The SMILES string of the molecule is Cc1ccnc(-n2c(C)cc(CN(C)Cc3ncc[nH]3)c2C)c1. The predicted octanol–water partition coefficient (Wildman–Crippen LogP) is 3.15. The van der Waals surface area contributed by atoms with Crippen molar-refractivity contribution in [2.24, 2.45) is 0 Å². The molecule has 5 heteroatoms. The van der Waals surface area contributed by atoms with Crippen molar-refractivity contribution >= 4 is 0 Å². The highest BCUT2D eigenvalue weighted by atomic mass is 15.1. The number of rotatable bonds is 5. The summed E-state index contributed by atoms with van der Waals surface area (Å²) in [6.45, 7) is 8.07. The number of aromatic amines is 1. The zero-order valence-corrected chi connectivity index (χ0v) is 14.2. The summed E-state index contributed by atoms with van der Waals surface area (Å²) in [5.41, 5.74) is 4.99. The van der Waals surface area contributed by atoms with E-state index in [-0.39, 0.29) is 0 Å². The van der Waals surface area contributed by atoms with Gasteiger partial charge in [-0.25, -0.2) is 9.97 Å². The summed E-state index contributed by atoms with van der Waals surface area (Å²) in [7, 11) is 2.11. The highest BCUT2D eigenvalue weighted by Gasteiger charge is 2.13. The lowest BCUT2D eigenvalue weighted by Gasteiger charge is -2.15. The molecule has 0 bridgehead atoms. The summed E-state index contributed by atoms with van der Waals surface area (Å²) < 4.78 is 2.23. The molecule has 0 aliphatic rings. The Balaban J connectivity index is 1.83. The minimum Gasteiger partial charge on any atom is -0.348 e. The largest absolute Gasteiger partial charge is 0.348 e. The molecule has 0 aliphatic heterocycles. The molecule has 3 rings (SSSR count). The lowest BCUT2D eigenvalue weighted by Crippen LogP contribution is -2.18. The Kier molecular flexibility index (Phi) is 4.30. The Labute approximate surface area is 137 Å². The maximum absolute atomic E-state index is 4.52. The fraction of sp³-hybridized carbons (Fsp3) is 0.333. The third kappa shape index (κ3) is 3.35. The molecule has 3 aromatic heterocycles. The number of H-pyrrole nitrogens is 1. The maximum Gasteiger partial charge on any atom is 0.137 e. The maximum atomic E-state index is 4.52. The van der Waals surface area contributed by atoms with E-state index in [1.165, 1.54) is 22.5 Å². The normalized spacial score (nSPS) is 11.3. The first-order valence-electron chi connectivity index (χ1n) is 7.82. The number of nitrogens with one attached hydrogen (secondary N) is 1. The average Bonchev–Trinajstić information content (AvgIpc) is 3.08. The smallest absolute Gasteiger partial charge is 0.137 e. The van der Waals surface area contributed by atoms with Gasteiger partial charge >= 0.3 is 0 Å². The quantitative estimate of drug-likeness (QED) is 0.787. The highest BCUT2D eigenvalue weighted by Crippen LogP contribution is 2.21. The van der Waals surface area contributed by atoms with Crippen LogP contribution in [0.5, 0.6) is 0 Å². The zero-order chi connectivity index (χ0) is 16.4. The molecule has 0 saturated heterocycles. The molecule has 0 aliphatic carbocycles. The van der Waals surface area contributed by atoms with Crippen LogP contribution in [0.4, 0.5) is 0 Å². The molecule has 0 saturated carbocycles. The van der Waals surface area contributed by atoms with E-state index in [4.69, 9.17) is 0 Å². The number of aromatic nitrogens is 4. The minimum absolute atomic E-state index is 0.805. The molecule has 0 unspecified atom stereocenters. The summed E-state index contributed by atoms with van der Waals surface area (Å²) >= 11 is 0. The molecule has 23 heavy (non-hydrogen) atoms. The van der Waals surface area contributed by atoms with Crippen molar-refractivity contribution in [3.63, 3.8) is 0 Å². The topological polar surface area (TPSA) is 49.7 Å². The van der Waals surface area contributed by atoms with Crippen molar-refractivity contribution in [3.8, 4) is 5.82 Å². The molecule has 1 N–H and O–H groups in total. The lowest BCUT2D eigenvalue weighted by atomic mass is 10.2. The van der Waals surface area contributed by atoms with E-state index in [1.54, 1.807) is 6.20 Å². The van der Waals surface area contributed by atoms with Crippen molar-refractivity contribution in [1.29, 1.82) is 0 Å². The van der Waals surface area contributed by atoms with Gasteiger partial charge in [-0.3, -0.25) is 4.90 Å². The van der Waals surface area contributed by atoms with E-state index in [1.807, 2.05) is 18.5 Å². The van der Waals surface area contributed by atoms with Crippen molar-refractivity contribution in [1.82, 2.24) is 24.4 Å². The van der Waals surface area contributed by atoms with Crippen molar-refractivity contribution in [2.75, 3.05) is 7.05 Å². The Bertz CT molecular complexity index is 786. The van der Waals surface area contributed by atoms with E-state index in [0.29, 0.717) is 0 Å². The predicted molar refractivity (Wildman–Crippen MR) is 91.5 cm³/mol. The van der Waals surface area contributed by atoms with Crippen LogP contribution in [-0.4, -0.2) is 31.5 Å². The Morgan fingerprint density at radius 1 is 1.09 bits per heavy atom. The fourth-order valence-corrected chi connectivity index (χ4v) is 2.97. The molecule has 0 amide bonds. The monoisotopic (exact) mass is 309 g/mol. The van der Waals surface area contributed by atoms with Gasteiger partial charge in [0.15, 0.2) is 0 Å². The van der Waals surface area contributed by atoms with Crippen molar-refractivity contribution in [3.05, 3.63) is 65.1 Å². The first-order valence-corrected chi connectivity index (χ1v) is 7.82. The van der Waals surface area contributed by atoms with Gasteiger partial charge in [-0.05, 0) is 57.1 Å². The number of hydrogen-bond donors (Lipinski definition) is 1. The summed E-state index contributed by atoms with van der Waals surface area (Å²) in [6, 6.07) is 6.39. The molecule has 0 atom stereocenters. The zero-order valence-electron chi connectivity index (χ0n) is 14.2. The van der Waals surface area contributed by atoms with Gasteiger partial charge in [0, 0.05) is 36.5 Å². The Morgan fingerprint density at radius 3 is 2.61 bits per heavy atom. The van der Waals surface area contributed by atoms with Crippen LogP contribution >= 0.6 is 0 Å². The third-order valence-electron chi connectivity index (χ3n) is 4.08. The number of hydrogen-bond acceptors (Lipinski definition) is 3. The fourth-order valence-electron chi connectivity index (χ4n) is 2.97. The number of pyridine rings is 1. The van der Waals surface area contributed by atoms with E-state index < -0.39 is 0 Å². The standard InChI is InChI=1S/C18H23N5/c1-13-5-6-21-18(9-13)23-14(2)10-16(15(23)3)11-22(4)12-17-19-7-8-20-17/h5-10H,11-12H2,1-4H3,(H,19,20). The van der Waals surface area contributed by atoms with Gasteiger partial charge in [0.1, 0.15) is 11.6 Å². The summed E-state index contributed by atoms with van der Waals surface area (Å²) in [4.78, 5) is 14.2. The Morgan fingerprint density at radius 2 is 1.91 bits per heavy atom. The third-order valence-corrected chi connectivity index (χ3v) is 4.08. The molecular formula is C18H23N5. The van der Waals surface area contributed by atoms with Crippen LogP contribution in [0.2, 0.25) is 0 Å². The van der Waals surface area contributed by atoms with E-state index >= 15 is 0 Å². The summed E-state index contributed by atoms with van der Waals surface area (Å²) in [5.74, 6) is 1.97. The van der Waals surface area contributed by atoms with Crippen LogP contribution in [0.25, 0.3) is 5.82 Å². The molecule has 0 spiro atoms. The van der Waals surface area contributed by atoms with E-state index in [9.17, 15) is 0 Å². The van der Waals surface area contributed by atoms with Crippen LogP contribution in [0, 0.1) is 20.8 Å². The lowest BCUT2D eigenvalue weighted by molar-refractivity contribution is 0.311. The van der Waals surface area contributed by atoms with Gasteiger partial charge in [0.05, 0.1) is 6.54 Å². The molecule has 3 aromatic rings. The van der Waals surface area contributed by atoms with E-state index in [2.05, 4.69) is 64.4 Å². The highest BCUT2D eigenvalue weighted by molar-refractivity contribution is 5.38. The second-order valence-electron chi connectivity index (χ2n) is 6.13. The molecule has 0 aromatic carbocycles. The van der Waals surface area contributed by atoms with Crippen LogP contribution in [-0.2, 0) is 13.1 Å². The molecular weight excluding hydrogens is 286 g/mol. The van der Waals surface area contributed by atoms with Gasteiger partial charge in [-0.1, -0.05) is 0 Å². The molecule has 0 fully saturated rings. The number of aryl methyl sites for hydroxylation is 2. The number of imidazole rings is 1. The van der Waals surface area contributed by atoms with Gasteiger partial charge in [-0.2, -0.15) is 0 Å². The first-order chi connectivity index (χ1) is 11.0. The van der Waals surface area contributed by atoms with Crippen LogP contribution in [0.1, 0.15) is 28.3 Å². The summed E-state index contributed by atoms with van der Waals surface area (Å²) in [5, 5.41) is 0. The second kappa shape index (κ2) is 6.38. The second-order valence-corrected chi connectivity index (χ2v) is 6.13. The molecule has 3 heterocycles. The van der Waals surface area contributed by atoms with Crippen molar-refractivity contribution < 1.29 is 0 Å². The molecule has 120 valence electrons. The van der Waals surface area contributed by atoms with Crippen LogP contribution in [0.15, 0.2) is 36.8 Å². The van der Waals surface area contributed by atoms with Gasteiger partial charge in [0.25, 0.3) is 0 Å².